The minimum absolute atomic E-state index is 0.245. The highest BCUT2D eigenvalue weighted by Crippen LogP contribution is 2.64. The van der Waals surface area contributed by atoms with Gasteiger partial charge in [-0.25, -0.2) is 0 Å². The fraction of sp³-hybridized carbons (Fsp3) is 0.783. The van der Waals surface area contributed by atoms with Crippen molar-refractivity contribution in [3.05, 3.63) is 12.7 Å². The second-order valence-electron chi connectivity index (χ2n) is 9.23. The van der Waals surface area contributed by atoms with Gasteiger partial charge in [-0.2, -0.15) is 0 Å². The van der Waals surface area contributed by atoms with Gasteiger partial charge in [-0.15, -0.1) is 6.58 Å². The standard InChI is InChI=1S/C23H36N2O6/c1-5-8-9-13-24(12-6-2)20(28)18-23-11-10-22(7-3,31-23)17(21(29)30)16(23)19(27)25(18)15(4)14-26/h6,15-18,26H,2,5,7-14H2,1,3-4H3,(H,29,30)/t15-,16+,17+,18?,22-,23?/m1/s1. The molecular formula is C23H36N2O6. The van der Waals surface area contributed by atoms with E-state index in [0.717, 1.165) is 19.3 Å². The van der Waals surface area contributed by atoms with Gasteiger partial charge in [-0.1, -0.05) is 32.8 Å². The van der Waals surface area contributed by atoms with Crippen molar-refractivity contribution in [3.8, 4) is 0 Å². The maximum Gasteiger partial charge on any atom is 0.310 e. The van der Waals surface area contributed by atoms with E-state index in [-0.39, 0.29) is 12.5 Å². The van der Waals surface area contributed by atoms with E-state index in [4.69, 9.17) is 4.74 Å². The summed E-state index contributed by atoms with van der Waals surface area (Å²) in [4.78, 5) is 42.8. The van der Waals surface area contributed by atoms with Crippen LogP contribution >= 0.6 is 0 Å². The Morgan fingerprint density at radius 3 is 2.61 bits per heavy atom. The van der Waals surface area contributed by atoms with Gasteiger partial charge in [-0.05, 0) is 32.6 Å². The lowest BCUT2D eigenvalue weighted by atomic mass is 9.65. The Morgan fingerprint density at radius 2 is 2.06 bits per heavy atom. The molecule has 3 aliphatic heterocycles. The normalized spacial score (nSPS) is 34.6. The van der Waals surface area contributed by atoms with E-state index in [2.05, 4.69) is 13.5 Å². The molecule has 174 valence electrons. The number of aliphatic hydroxyl groups is 1. The third kappa shape index (κ3) is 3.48. The van der Waals surface area contributed by atoms with Crippen molar-refractivity contribution >= 4 is 17.8 Å². The summed E-state index contributed by atoms with van der Waals surface area (Å²) in [5, 5.41) is 19.9. The molecule has 3 fully saturated rings. The first-order valence-corrected chi connectivity index (χ1v) is 11.5. The molecule has 3 rings (SSSR count). The molecule has 2 N–H and O–H groups in total. The van der Waals surface area contributed by atoms with E-state index in [1.165, 1.54) is 4.90 Å². The molecule has 0 aromatic heterocycles. The van der Waals surface area contributed by atoms with Crippen molar-refractivity contribution < 1.29 is 29.3 Å². The largest absolute Gasteiger partial charge is 0.481 e. The molecule has 0 radical (unpaired) electrons. The van der Waals surface area contributed by atoms with Crippen LogP contribution < -0.4 is 0 Å². The number of aliphatic hydroxyl groups excluding tert-OH is 1. The minimum Gasteiger partial charge on any atom is -0.481 e. The van der Waals surface area contributed by atoms with Gasteiger partial charge in [0.05, 0.1) is 24.2 Å². The van der Waals surface area contributed by atoms with Gasteiger partial charge in [-0.3, -0.25) is 14.4 Å². The summed E-state index contributed by atoms with van der Waals surface area (Å²) in [6.45, 7) is 9.98. The van der Waals surface area contributed by atoms with Crippen LogP contribution in [0.1, 0.15) is 59.3 Å². The molecule has 31 heavy (non-hydrogen) atoms. The number of carbonyl (C=O) groups is 3. The Bertz CT molecular complexity index is 742. The fourth-order valence-electron chi connectivity index (χ4n) is 6.05. The molecular weight excluding hydrogens is 400 g/mol. The number of carboxylic acid groups (broad SMARTS) is 1. The first-order chi connectivity index (χ1) is 14.7. The number of nitrogens with zero attached hydrogens (tertiary/aromatic N) is 2. The summed E-state index contributed by atoms with van der Waals surface area (Å²) in [6.07, 6.45) is 5.93. The third-order valence-corrected chi connectivity index (χ3v) is 7.55. The molecule has 3 saturated heterocycles. The van der Waals surface area contributed by atoms with Crippen LogP contribution in [0.5, 0.6) is 0 Å². The van der Waals surface area contributed by atoms with E-state index >= 15 is 0 Å². The zero-order valence-corrected chi connectivity index (χ0v) is 18.9. The summed E-state index contributed by atoms with van der Waals surface area (Å²) in [5.41, 5.74) is -2.09. The summed E-state index contributed by atoms with van der Waals surface area (Å²) >= 11 is 0. The lowest BCUT2D eigenvalue weighted by Crippen LogP contribution is -2.58. The van der Waals surface area contributed by atoms with Gasteiger partial charge in [0.1, 0.15) is 17.6 Å². The van der Waals surface area contributed by atoms with Gasteiger partial charge in [0.2, 0.25) is 11.8 Å². The van der Waals surface area contributed by atoms with Crippen molar-refractivity contribution in [2.24, 2.45) is 11.8 Å². The summed E-state index contributed by atoms with van der Waals surface area (Å²) in [6, 6.07) is -1.55. The van der Waals surface area contributed by atoms with Gasteiger partial charge >= 0.3 is 5.97 Å². The number of aliphatic carboxylic acids is 1. The van der Waals surface area contributed by atoms with Crippen LogP contribution in [0.3, 0.4) is 0 Å². The summed E-state index contributed by atoms with van der Waals surface area (Å²) in [5.74, 6) is -3.60. The second kappa shape index (κ2) is 8.90. The highest BCUT2D eigenvalue weighted by Gasteiger charge is 2.79. The summed E-state index contributed by atoms with van der Waals surface area (Å²) < 4.78 is 6.48. The topological polar surface area (TPSA) is 107 Å². The Balaban J connectivity index is 2.06. The zero-order valence-electron chi connectivity index (χ0n) is 18.9. The molecule has 3 aliphatic rings. The highest BCUT2D eigenvalue weighted by molar-refractivity contribution is 5.98. The first kappa shape index (κ1) is 23.7. The second-order valence-corrected chi connectivity index (χ2v) is 9.23. The lowest BCUT2D eigenvalue weighted by molar-refractivity contribution is -0.159. The monoisotopic (exact) mass is 436 g/mol. The molecule has 6 atom stereocenters. The van der Waals surface area contributed by atoms with Crippen LogP contribution in [0.4, 0.5) is 0 Å². The van der Waals surface area contributed by atoms with Gasteiger partial charge in [0.25, 0.3) is 0 Å². The number of likely N-dealkylation sites (tertiary alicyclic amines) is 1. The SMILES string of the molecule is C=CCN(CCCCC)C(=O)C1N([C@H](C)CO)C(=O)[C@@H]2[C@@H](C(=O)O)[C@@]3(CC)CCC12O3. The Kier molecular flexibility index (Phi) is 6.81. The molecule has 8 heteroatoms. The number of hydrogen-bond donors (Lipinski definition) is 2. The predicted molar refractivity (Wildman–Crippen MR) is 114 cm³/mol. The average molecular weight is 437 g/mol. The maximum atomic E-state index is 13.9. The van der Waals surface area contributed by atoms with Crippen LogP contribution in [-0.2, 0) is 19.1 Å². The van der Waals surface area contributed by atoms with Crippen LogP contribution in [0.15, 0.2) is 12.7 Å². The van der Waals surface area contributed by atoms with Crippen molar-refractivity contribution in [1.29, 1.82) is 0 Å². The van der Waals surface area contributed by atoms with E-state index in [1.807, 2.05) is 6.92 Å². The van der Waals surface area contributed by atoms with Crippen molar-refractivity contribution in [3.63, 3.8) is 0 Å². The Morgan fingerprint density at radius 1 is 1.35 bits per heavy atom. The number of amides is 2. The molecule has 3 heterocycles. The Labute approximate surface area is 184 Å². The molecule has 1 spiro atoms. The van der Waals surface area contributed by atoms with Crippen molar-refractivity contribution in [2.75, 3.05) is 19.7 Å². The number of rotatable bonds is 11. The number of unbranched alkanes of at least 4 members (excludes halogenated alkanes) is 2. The van der Waals surface area contributed by atoms with Gasteiger partial charge in [0.15, 0.2) is 0 Å². The number of carbonyl (C=O) groups excluding carboxylic acids is 2. The Hall–Kier alpha value is -1.93. The number of ether oxygens (including phenoxy) is 1. The smallest absolute Gasteiger partial charge is 0.310 e. The molecule has 0 aliphatic carbocycles. The maximum absolute atomic E-state index is 13.9. The van der Waals surface area contributed by atoms with Crippen LogP contribution in [0, 0.1) is 11.8 Å². The highest BCUT2D eigenvalue weighted by atomic mass is 16.5. The number of hydrogen-bond acceptors (Lipinski definition) is 5. The zero-order chi connectivity index (χ0) is 23.0. The summed E-state index contributed by atoms with van der Waals surface area (Å²) in [7, 11) is 0. The van der Waals surface area contributed by atoms with Crippen molar-refractivity contribution in [2.45, 2.75) is 82.6 Å². The number of carboxylic acids is 1. The average Bonchev–Trinajstić information content (AvgIpc) is 3.36. The minimum atomic E-state index is -1.17. The molecule has 0 aromatic carbocycles. The van der Waals surface area contributed by atoms with E-state index < -0.39 is 47.0 Å². The third-order valence-electron chi connectivity index (χ3n) is 7.55. The number of fused-ring (bicyclic) bond motifs is 1. The van der Waals surface area contributed by atoms with Gasteiger partial charge < -0.3 is 24.7 Å². The van der Waals surface area contributed by atoms with Crippen LogP contribution in [-0.4, -0.2) is 80.8 Å². The predicted octanol–water partition coefficient (Wildman–Crippen LogP) is 1.81. The molecule has 0 aromatic rings. The van der Waals surface area contributed by atoms with E-state index in [9.17, 15) is 24.6 Å². The molecule has 2 unspecified atom stereocenters. The molecule has 2 bridgehead atoms. The first-order valence-electron chi connectivity index (χ1n) is 11.5. The lowest BCUT2D eigenvalue weighted by Gasteiger charge is -2.38. The van der Waals surface area contributed by atoms with Crippen LogP contribution in [0.2, 0.25) is 0 Å². The fourth-order valence-corrected chi connectivity index (χ4v) is 6.05. The van der Waals surface area contributed by atoms with E-state index in [1.54, 1.807) is 17.9 Å². The molecule has 8 nitrogen and oxygen atoms in total. The molecule has 2 amide bonds. The quantitative estimate of drug-likeness (QED) is 0.378. The molecule has 0 saturated carbocycles. The van der Waals surface area contributed by atoms with Crippen LogP contribution in [0.25, 0.3) is 0 Å². The van der Waals surface area contributed by atoms with Crippen molar-refractivity contribution in [1.82, 2.24) is 9.80 Å². The van der Waals surface area contributed by atoms with Gasteiger partial charge in [0, 0.05) is 13.1 Å². The van der Waals surface area contributed by atoms with E-state index in [0.29, 0.717) is 32.4 Å².